The molecule has 1 aromatic heterocycles. The van der Waals surface area contributed by atoms with E-state index < -0.39 is 5.60 Å². The summed E-state index contributed by atoms with van der Waals surface area (Å²) in [5.41, 5.74) is 0.217. The molecule has 0 saturated carbocycles. The Labute approximate surface area is 108 Å². The van der Waals surface area contributed by atoms with E-state index >= 15 is 0 Å². The maximum absolute atomic E-state index is 10.8. The summed E-state index contributed by atoms with van der Waals surface area (Å²) in [5.74, 6) is 0. The molecule has 0 radical (unpaired) electrons. The quantitative estimate of drug-likeness (QED) is 0.765. The minimum Gasteiger partial charge on any atom is -0.385 e. The summed E-state index contributed by atoms with van der Waals surface area (Å²) in [6.45, 7) is 3.37. The maximum Gasteiger partial charge on any atom is 0.107 e. The molecule has 2 rings (SSSR count). The van der Waals surface area contributed by atoms with E-state index in [2.05, 4.69) is 10.4 Å². The standard InChI is InChI=1S/C13H23N3O2/c1-18-11-3-10-16-12(4-8-15-16)13(17)5-2-7-14-9-6-13/h4,8,14,17H,2-3,5-7,9-11H2,1H3. The van der Waals surface area contributed by atoms with Crippen LogP contribution in [0, 0.1) is 0 Å². The highest BCUT2D eigenvalue weighted by Gasteiger charge is 2.32. The van der Waals surface area contributed by atoms with E-state index in [1.165, 1.54) is 0 Å². The second kappa shape index (κ2) is 6.31. The number of nitrogens with one attached hydrogen (secondary N) is 1. The Morgan fingerprint density at radius 1 is 1.50 bits per heavy atom. The Balaban J connectivity index is 2.08. The number of methoxy groups -OCH3 is 1. The zero-order valence-electron chi connectivity index (χ0n) is 11.1. The van der Waals surface area contributed by atoms with Gasteiger partial charge in [-0.25, -0.2) is 0 Å². The van der Waals surface area contributed by atoms with Crippen molar-refractivity contribution in [3.05, 3.63) is 18.0 Å². The first-order valence-corrected chi connectivity index (χ1v) is 6.70. The van der Waals surface area contributed by atoms with Crippen molar-refractivity contribution in [1.82, 2.24) is 15.1 Å². The van der Waals surface area contributed by atoms with E-state index in [1.807, 2.05) is 10.7 Å². The van der Waals surface area contributed by atoms with Gasteiger partial charge >= 0.3 is 0 Å². The van der Waals surface area contributed by atoms with E-state index in [4.69, 9.17) is 4.74 Å². The molecule has 0 amide bonds. The van der Waals surface area contributed by atoms with Crippen molar-refractivity contribution in [2.45, 2.75) is 37.8 Å². The van der Waals surface area contributed by atoms with Crippen LogP contribution in [0.5, 0.6) is 0 Å². The molecule has 2 N–H and O–H groups in total. The third-order valence-electron chi connectivity index (χ3n) is 3.57. The van der Waals surface area contributed by atoms with Crippen LogP contribution in [0.25, 0.3) is 0 Å². The second-order valence-electron chi connectivity index (χ2n) is 4.92. The number of hydrogen-bond donors (Lipinski definition) is 2. The average Bonchev–Trinajstić information content (AvgIpc) is 2.73. The minimum absolute atomic E-state index is 0.722. The molecule has 5 nitrogen and oxygen atoms in total. The average molecular weight is 253 g/mol. The van der Waals surface area contributed by atoms with Crippen LogP contribution in [-0.4, -0.2) is 41.7 Å². The van der Waals surface area contributed by atoms with E-state index in [0.717, 1.165) is 57.6 Å². The highest BCUT2D eigenvalue weighted by atomic mass is 16.5. The first-order chi connectivity index (χ1) is 8.76. The first kappa shape index (κ1) is 13.5. The van der Waals surface area contributed by atoms with E-state index in [-0.39, 0.29) is 0 Å². The first-order valence-electron chi connectivity index (χ1n) is 6.70. The molecular weight excluding hydrogens is 230 g/mol. The largest absolute Gasteiger partial charge is 0.385 e. The monoisotopic (exact) mass is 253 g/mol. The number of aromatic nitrogens is 2. The van der Waals surface area contributed by atoms with Gasteiger partial charge in [0.05, 0.1) is 5.69 Å². The minimum atomic E-state index is -0.729. The van der Waals surface area contributed by atoms with Gasteiger partial charge in [-0.2, -0.15) is 5.10 Å². The molecule has 0 spiro atoms. The summed E-state index contributed by atoms with van der Waals surface area (Å²) in [6, 6.07) is 1.94. The summed E-state index contributed by atoms with van der Waals surface area (Å²) in [4.78, 5) is 0. The van der Waals surface area contributed by atoms with Gasteiger partial charge in [0.15, 0.2) is 0 Å². The number of aliphatic hydroxyl groups is 1. The summed E-state index contributed by atoms with van der Waals surface area (Å²) in [6.07, 6.45) is 5.25. The van der Waals surface area contributed by atoms with Crippen LogP contribution >= 0.6 is 0 Å². The predicted octanol–water partition coefficient (Wildman–Crippen LogP) is 0.881. The molecule has 1 aliphatic heterocycles. The summed E-state index contributed by atoms with van der Waals surface area (Å²) in [7, 11) is 1.70. The number of aryl methyl sites for hydroxylation is 1. The smallest absolute Gasteiger partial charge is 0.107 e. The molecular formula is C13H23N3O2. The Kier molecular flexibility index (Phi) is 4.74. The zero-order chi connectivity index (χ0) is 12.8. The van der Waals surface area contributed by atoms with E-state index in [9.17, 15) is 5.11 Å². The van der Waals surface area contributed by atoms with Gasteiger partial charge in [0, 0.05) is 26.5 Å². The topological polar surface area (TPSA) is 59.3 Å². The van der Waals surface area contributed by atoms with Gasteiger partial charge in [0.2, 0.25) is 0 Å². The van der Waals surface area contributed by atoms with Crippen LogP contribution in [-0.2, 0) is 16.9 Å². The summed E-state index contributed by atoms with van der Waals surface area (Å²) < 4.78 is 6.98. The van der Waals surface area contributed by atoms with Gasteiger partial charge < -0.3 is 15.2 Å². The van der Waals surface area contributed by atoms with Crippen LogP contribution in [0.4, 0.5) is 0 Å². The van der Waals surface area contributed by atoms with Gasteiger partial charge in [-0.3, -0.25) is 4.68 Å². The number of rotatable bonds is 5. The van der Waals surface area contributed by atoms with E-state index in [0.29, 0.717) is 0 Å². The van der Waals surface area contributed by atoms with Crippen LogP contribution in [0.15, 0.2) is 12.3 Å². The molecule has 1 aromatic rings. The Bertz CT molecular complexity index is 357. The third kappa shape index (κ3) is 3.10. The highest BCUT2D eigenvalue weighted by molar-refractivity contribution is 5.12. The molecule has 1 aliphatic rings. The number of nitrogens with zero attached hydrogens (tertiary/aromatic N) is 2. The fourth-order valence-corrected chi connectivity index (χ4v) is 2.57. The molecule has 0 bridgehead atoms. The van der Waals surface area contributed by atoms with Gasteiger partial charge in [-0.15, -0.1) is 0 Å². The molecule has 18 heavy (non-hydrogen) atoms. The van der Waals surface area contributed by atoms with Gasteiger partial charge in [0.1, 0.15) is 5.60 Å². The van der Waals surface area contributed by atoms with Crippen LogP contribution in [0.3, 0.4) is 0 Å². The van der Waals surface area contributed by atoms with Gasteiger partial charge in [0.25, 0.3) is 0 Å². The second-order valence-corrected chi connectivity index (χ2v) is 4.92. The maximum atomic E-state index is 10.8. The summed E-state index contributed by atoms with van der Waals surface area (Å²) >= 11 is 0. The lowest BCUT2D eigenvalue weighted by Crippen LogP contribution is -2.30. The third-order valence-corrected chi connectivity index (χ3v) is 3.57. The molecule has 1 fully saturated rings. The molecule has 2 heterocycles. The molecule has 0 aromatic carbocycles. The summed E-state index contributed by atoms with van der Waals surface area (Å²) in [5, 5.41) is 18.5. The lowest BCUT2D eigenvalue weighted by atomic mass is 9.91. The SMILES string of the molecule is COCCCn1nccc1C1(O)CCCNCC1. The zero-order valence-corrected chi connectivity index (χ0v) is 11.1. The van der Waals surface area contributed by atoms with Crippen molar-refractivity contribution < 1.29 is 9.84 Å². The molecule has 1 unspecified atom stereocenters. The number of hydrogen-bond acceptors (Lipinski definition) is 4. The van der Waals surface area contributed by atoms with E-state index in [1.54, 1.807) is 13.3 Å². The van der Waals surface area contributed by atoms with Crippen LogP contribution in [0.2, 0.25) is 0 Å². The Morgan fingerprint density at radius 2 is 2.39 bits per heavy atom. The van der Waals surface area contributed by atoms with Crippen molar-refractivity contribution >= 4 is 0 Å². The van der Waals surface area contributed by atoms with Crippen molar-refractivity contribution in [2.24, 2.45) is 0 Å². The predicted molar refractivity (Wildman–Crippen MR) is 69.3 cm³/mol. The van der Waals surface area contributed by atoms with Gasteiger partial charge in [-0.1, -0.05) is 0 Å². The molecule has 1 atom stereocenters. The Morgan fingerprint density at radius 3 is 3.22 bits per heavy atom. The molecule has 102 valence electrons. The highest BCUT2D eigenvalue weighted by Crippen LogP contribution is 2.31. The van der Waals surface area contributed by atoms with Crippen LogP contribution < -0.4 is 5.32 Å². The molecule has 0 aliphatic carbocycles. The van der Waals surface area contributed by atoms with Crippen molar-refractivity contribution in [2.75, 3.05) is 26.8 Å². The lowest BCUT2D eigenvalue weighted by Gasteiger charge is -2.27. The number of ether oxygens (including phenoxy) is 1. The lowest BCUT2D eigenvalue weighted by molar-refractivity contribution is 0.0146. The molecule has 1 saturated heterocycles. The van der Waals surface area contributed by atoms with Crippen molar-refractivity contribution in [3.8, 4) is 0 Å². The fraction of sp³-hybridized carbons (Fsp3) is 0.769. The normalized spacial score (nSPS) is 25.0. The Hall–Kier alpha value is -0.910. The van der Waals surface area contributed by atoms with Crippen LogP contribution in [0.1, 0.15) is 31.4 Å². The fourth-order valence-electron chi connectivity index (χ4n) is 2.57. The van der Waals surface area contributed by atoms with Gasteiger partial charge in [-0.05, 0) is 44.8 Å². The van der Waals surface area contributed by atoms with Crippen molar-refractivity contribution in [3.63, 3.8) is 0 Å². The molecule has 5 heteroatoms. The van der Waals surface area contributed by atoms with Crippen molar-refractivity contribution in [1.29, 1.82) is 0 Å².